The summed E-state index contributed by atoms with van der Waals surface area (Å²) in [5.74, 6) is 0. The van der Waals surface area contributed by atoms with Crippen LogP contribution in [0.4, 0.5) is 0 Å². The second kappa shape index (κ2) is 5.40. The van der Waals surface area contributed by atoms with Gasteiger partial charge in [0.15, 0.2) is 0 Å². The van der Waals surface area contributed by atoms with Gasteiger partial charge >= 0.3 is 0 Å². The molecule has 0 aliphatic heterocycles. The molecule has 0 aromatic carbocycles. The van der Waals surface area contributed by atoms with Gasteiger partial charge in [0.1, 0.15) is 0 Å². The largest absolute Gasteiger partial charge is 0.502 e. The molecule has 1 aliphatic carbocycles. The SMILES string of the molecule is C=COCCCNC1CCC(C)(C)C1. The first-order chi connectivity index (χ1) is 6.64. The molecule has 0 aromatic rings. The maximum absolute atomic E-state index is 5.06. The van der Waals surface area contributed by atoms with Crippen LogP contribution in [0, 0.1) is 5.41 Å². The lowest BCUT2D eigenvalue weighted by Gasteiger charge is -2.17. The zero-order valence-corrected chi connectivity index (χ0v) is 9.51. The van der Waals surface area contributed by atoms with E-state index in [-0.39, 0.29) is 0 Å². The Morgan fingerprint density at radius 1 is 1.57 bits per heavy atom. The quantitative estimate of drug-likeness (QED) is 0.522. The van der Waals surface area contributed by atoms with Crippen LogP contribution in [0.15, 0.2) is 12.8 Å². The van der Waals surface area contributed by atoms with E-state index in [0.29, 0.717) is 5.41 Å². The van der Waals surface area contributed by atoms with Crippen molar-refractivity contribution in [2.45, 2.75) is 45.6 Å². The van der Waals surface area contributed by atoms with E-state index in [1.807, 2.05) is 0 Å². The lowest BCUT2D eigenvalue weighted by molar-refractivity contribution is 0.242. The van der Waals surface area contributed by atoms with Crippen LogP contribution in [0.2, 0.25) is 0 Å². The topological polar surface area (TPSA) is 21.3 Å². The highest BCUT2D eigenvalue weighted by Crippen LogP contribution is 2.36. The average Bonchev–Trinajstić information content (AvgIpc) is 2.45. The van der Waals surface area contributed by atoms with Crippen molar-refractivity contribution >= 4 is 0 Å². The van der Waals surface area contributed by atoms with Crippen LogP contribution in [0.3, 0.4) is 0 Å². The second-order valence-corrected chi connectivity index (χ2v) is 4.95. The highest BCUT2D eigenvalue weighted by molar-refractivity contribution is 4.86. The van der Waals surface area contributed by atoms with Gasteiger partial charge in [-0.1, -0.05) is 20.4 Å². The molecule has 0 aromatic heterocycles. The standard InChI is InChI=1S/C12H23NO/c1-4-14-9-5-8-13-11-6-7-12(2,3)10-11/h4,11,13H,1,5-10H2,2-3H3. The van der Waals surface area contributed by atoms with E-state index in [9.17, 15) is 0 Å². The number of nitrogens with one attached hydrogen (secondary N) is 1. The summed E-state index contributed by atoms with van der Waals surface area (Å²) >= 11 is 0. The van der Waals surface area contributed by atoms with Crippen LogP contribution in [-0.4, -0.2) is 19.2 Å². The normalized spacial score (nSPS) is 24.9. The lowest BCUT2D eigenvalue weighted by Crippen LogP contribution is -2.28. The van der Waals surface area contributed by atoms with E-state index in [4.69, 9.17) is 4.74 Å². The minimum absolute atomic E-state index is 0.551. The smallest absolute Gasteiger partial charge is 0.0885 e. The third-order valence-electron chi connectivity index (χ3n) is 2.96. The summed E-state index contributed by atoms with van der Waals surface area (Å²) < 4.78 is 5.06. The molecule has 0 amide bonds. The molecule has 0 saturated heterocycles. The summed E-state index contributed by atoms with van der Waals surface area (Å²) in [6.45, 7) is 10.1. The Hall–Kier alpha value is -0.500. The van der Waals surface area contributed by atoms with Gasteiger partial charge in [0, 0.05) is 6.04 Å². The van der Waals surface area contributed by atoms with Crippen LogP contribution < -0.4 is 5.32 Å². The van der Waals surface area contributed by atoms with Crippen molar-refractivity contribution in [3.8, 4) is 0 Å². The van der Waals surface area contributed by atoms with Gasteiger partial charge < -0.3 is 10.1 Å². The average molecular weight is 197 g/mol. The molecule has 0 bridgehead atoms. The summed E-state index contributed by atoms with van der Waals surface area (Å²) in [6.07, 6.45) is 6.58. The van der Waals surface area contributed by atoms with Crippen molar-refractivity contribution in [2.75, 3.05) is 13.2 Å². The first-order valence-corrected chi connectivity index (χ1v) is 5.60. The molecule has 0 spiro atoms. The first kappa shape index (κ1) is 11.6. The van der Waals surface area contributed by atoms with Crippen LogP contribution >= 0.6 is 0 Å². The highest BCUT2D eigenvalue weighted by atomic mass is 16.5. The molecule has 14 heavy (non-hydrogen) atoms. The Morgan fingerprint density at radius 2 is 2.36 bits per heavy atom. The van der Waals surface area contributed by atoms with E-state index in [2.05, 4.69) is 25.7 Å². The maximum atomic E-state index is 5.06. The number of rotatable bonds is 6. The summed E-state index contributed by atoms with van der Waals surface area (Å²) in [5, 5.41) is 3.58. The van der Waals surface area contributed by atoms with Crippen molar-refractivity contribution in [3.63, 3.8) is 0 Å². The van der Waals surface area contributed by atoms with Crippen LogP contribution in [0.25, 0.3) is 0 Å². The Morgan fingerprint density at radius 3 is 2.93 bits per heavy atom. The molecule has 2 heteroatoms. The number of ether oxygens (including phenoxy) is 1. The van der Waals surface area contributed by atoms with Crippen molar-refractivity contribution in [3.05, 3.63) is 12.8 Å². The Kier molecular flexibility index (Phi) is 4.46. The maximum Gasteiger partial charge on any atom is 0.0885 e. The molecular formula is C12H23NO. The van der Waals surface area contributed by atoms with Gasteiger partial charge in [0.25, 0.3) is 0 Å². The van der Waals surface area contributed by atoms with Gasteiger partial charge in [-0.05, 0) is 37.6 Å². The zero-order valence-electron chi connectivity index (χ0n) is 9.51. The number of hydrogen-bond donors (Lipinski definition) is 1. The van der Waals surface area contributed by atoms with Crippen molar-refractivity contribution in [1.29, 1.82) is 0 Å². The molecular weight excluding hydrogens is 174 g/mol. The van der Waals surface area contributed by atoms with Gasteiger partial charge in [0.2, 0.25) is 0 Å². The van der Waals surface area contributed by atoms with Crippen LogP contribution in [-0.2, 0) is 4.74 Å². The molecule has 1 fully saturated rings. The fraction of sp³-hybridized carbons (Fsp3) is 0.833. The van der Waals surface area contributed by atoms with E-state index in [0.717, 1.165) is 25.6 Å². The summed E-state index contributed by atoms with van der Waals surface area (Å²) in [7, 11) is 0. The molecule has 1 atom stereocenters. The van der Waals surface area contributed by atoms with Gasteiger partial charge in [-0.3, -0.25) is 0 Å². The molecule has 0 radical (unpaired) electrons. The van der Waals surface area contributed by atoms with E-state index in [1.165, 1.54) is 25.5 Å². The van der Waals surface area contributed by atoms with Crippen molar-refractivity contribution < 1.29 is 4.74 Å². The molecule has 1 saturated carbocycles. The molecule has 1 N–H and O–H groups in total. The monoisotopic (exact) mass is 197 g/mol. The molecule has 2 nitrogen and oxygen atoms in total. The minimum Gasteiger partial charge on any atom is -0.502 e. The third kappa shape index (κ3) is 4.14. The van der Waals surface area contributed by atoms with E-state index >= 15 is 0 Å². The predicted molar refractivity (Wildman–Crippen MR) is 60.2 cm³/mol. The van der Waals surface area contributed by atoms with E-state index in [1.54, 1.807) is 0 Å². The number of hydrogen-bond acceptors (Lipinski definition) is 2. The second-order valence-electron chi connectivity index (χ2n) is 4.95. The lowest BCUT2D eigenvalue weighted by atomic mass is 9.92. The molecule has 1 aliphatic rings. The van der Waals surface area contributed by atoms with E-state index < -0.39 is 0 Å². The zero-order chi connectivity index (χ0) is 10.4. The van der Waals surface area contributed by atoms with Crippen LogP contribution in [0.1, 0.15) is 39.5 Å². The third-order valence-corrected chi connectivity index (χ3v) is 2.96. The summed E-state index contributed by atoms with van der Waals surface area (Å²) in [5.41, 5.74) is 0.551. The molecule has 1 unspecified atom stereocenters. The van der Waals surface area contributed by atoms with Crippen molar-refractivity contribution in [2.24, 2.45) is 5.41 Å². The predicted octanol–water partition coefficient (Wildman–Crippen LogP) is 2.70. The van der Waals surface area contributed by atoms with Gasteiger partial charge in [-0.15, -0.1) is 0 Å². The minimum atomic E-state index is 0.551. The van der Waals surface area contributed by atoms with Gasteiger partial charge in [-0.2, -0.15) is 0 Å². The van der Waals surface area contributed by atoms with Crippen LogP contribution in [0.5, 0.6) is 0 Å². The first-order valence-electron chi connectivity index (χ1n) is 5.60. The Bertz CT molecular complexity index is 177. The van der Waals surface area contributed by atoms with Crippen molar-refractivity contribution in [1.82, 2.24) is 5.32 Å². The van der Waals surface area contributed by atoms with Gasteiger partial charge in [0.05, 0.1) is 12.9 Å². The van der Waals surface area contributed by atoms with Gasteiger partial charge in [-0.25, -0.2) is 0 Å². The fourth-order valence-corrected chi connectivity index (χ4v) is 2.16. The fourth-order valence-electron chi connectivity index (χ4n) is 2.16. The summed E-state index contributed by atoms with van der Waals surface area (Å²) in [4.78, 5) is 0. The molecule has 82 valence electrons. The summed E-state index contributed by atoms with van der Waals surface area (Å²) in [6, 6.07) is 0.730. The Labute approximate surface area is 87.7 Å². The molecule has 0 heterocycles. The Balaban J connectivity index is 2.00. The molecule has 1 rings (SSSR count). The highest BCUT2D eigenvalue weighted by Gasteiger charge is 2.30.